The number of aliphatic hydroxyl groups is 1. The van der Waals surface area contributed by atoms with Crippen molar-refractivity contribution in [3.63, 3.8) is 0 Å². The van der Waals surface area contributed by atoms with Crippen LogP contribution >= 0.6 is 15.6 Å². The summed E-state index contributed by atoms with van der Waals surface area (Å²) in [7, 11) is -9.92. The van der Waals surface area contributed by atoms with Crippen molar-refractivity contribution < 1.29 is 80.2 Å². The van der Waals surface area contributed by atoms with Gasteiger partial charge in [0, 0.05) is 25.7 Å². The maximum atomic E-state index is 13.1. The lowest BCUT2D eigenvalue weighted by Gasteiger charge is -2.21. The van der Waals surface area contributed by atoms with Crippen LogP contribution in [0, 0.1) is 0 Å². The van der Waals surface area contributed by atoms with Crippen LogP contribution < -0.4 is 0 Å². The Morgan fingerprint density at radius 3 is 0.719 bits per heavy atom. The molecule has 17 nitrogen and oxygen atoms in total. The van der Waals surface area contributed by atoms with Crippen LogP contribution in [-0.4, -0.2) is 96.7 Å². The molecule has 19 heteroatoms. The van der Waals surface area contributed by atoms with Crippen LogP contribution in [0.1, 0.15) is 387 Å². The van der Waals surface area contributed by atoms with Crippen LogP contribution in [0.2, 0.25) is 0 Å². The molecule has 0 saturated heterocycles. The number of phosphoric acid groups is 2. The van der Waals surface area contributed by atoms with E-state index >= 15 is 0 Å². The average Bonchev–Trinajstić information content (AvgIpc) is 1.09. The minimum Gasteiger partial charge on any atom is -0.462 e. The summed E-state index contributed by atoms with van der Waals surface area (Å²) in [6.45, 7) is 4.94. The Morgan fingerprint density at radius 2 is 0.479 bits per heavy atom. The first-order valence-electron chi connectivity index (χ1n) is 39.6. The molecule has 566 valence electrons. The van der Waals surface area contributed by atoms with Crippen molar-refractivity contribution in [2.45, 2.75) is 406 Å². The van der Waals surface area contributed by atoms with Crippen molar-refractivity contribution >= 4 is 39.5 Å². The zero-order chi connectivity index (χ0) is 70.4. The molecule has 5 unspecified atom stereocenters. The lowest BCUT2D eigenvalue weighted by molar-refractivity contribution is -0.161. The molecular formula is C77H146O17P2. The van der Waals surface area contributed by atoms with Crippen LogP contribution in [0.4, 0.5) is 0 Å². The second-order valence-electron chi connectivity index (χ2n) is 27.0. The van der Waals surface area contributed by atoms with E-state index in [-0.39, 0.29) is 25.7 Å². The highest BCUT2D eigenvalue weighted by Gasteiger charge is 2.30. The second-order valence-corrected chi connectivity index (χ2v) is 29.9. The van der Waals surface area contributed by atoms with Gasteiger partial charge in [-0.1, -0.05) is 309 Å². The van der Waals surface area contributed by atoms with E-state index in [4.69, 9.17) is 37.0 Å². The van der Waals surface area contributed by atoms with Crippen LogP contribution in [0.25, 0.3) is 0 Å². The van der Waals surface area contributed by atoms with Crippen LogP contribution in [0.5, 0.6) is 0 Å². The van der Waals surface area contributed by atoms with E-state index in [0.717, 1.165) is 122 Å². The maximum absolute atomic E-state index is 13.1. The Labute approximate surface area is 586 Å². The third kappa shape index (κ3) is 70.0. The number of aliphatic hydroxyl groups excluding tert-OH is 1. The van der Waals surface area contributed by atoms with E-state index in [2.05, 4.69) is 52.0 Å². The zero-order valence-electron chi connectivity index (χ0n) is 61.8. The normalized spacial score (nSPS) is 14.0. The minimum absolute atomic E-state index is 0.0910. The smallest absolute Gasteiger partial charge is 0.462 e. The van der Waals surface area contributed by atoms with Gasteiger partial charge in [-0.25, -0.2) is 9.13 Å². The number of carbonyl (C=O) groups is 4. The molecule has 0 aliphatic carbocycles. The van der Waals surface area contributed by atoms with Crippen LogP contribution in [0.3, 0.4) is 0 Å². The molecule has 0 amide bonds. The SMILES string of the molecule is CCCCCCCC/C=C\CCCCCCCC(=O)OCC(COP(=O)(O)OCC(O)COP(=O)(O)OCC(COC(=O)CCCCCCCCCCCCCCCCC)OC(=O)CCCCCCCCCCCCC)OC(=O)CCCCCCC/C=C\CCCCCCCC. The summed E-state index contributed by atoms with van der Waals surface area (Å²) in [4.78, 5) is 72.8. The Morgan fingerprint density at radius 1 is 0.281 bits per heavy atom. The van der Waals surface area contributed by atoms with Crippen LogP contribution in [-0.2, 0) is 65.4 Å². The largest absolute Gasteiger partial charge is 0.472 e. The quantitative estimate of drug-likeness (QED) is 0.0169. The second kappa shape index (κ2) is 71.0. The molecule has 0 aromatic carbocycles. The summed E-state index contributed by atoms with van der Waals surface area (Å²) in [5, 5.41) is 10.6. The fraction of sp³-hybridized carbons (Fsp3) is 0.896. The third-order valence-electron chi connectivity index (χ3n) is 17.4. The number of ether oxygens (including phenoxy) is 4. The Balaban J connectivity index is 5.28. The number of carbonyl (C=O) groups excluding carboxylic acids is 4. The summed E-state index contributed by atoms with van der Waals surface area (Å²) < 4.78 is 68.5. The van der Waals surface area contributed by atoms with Crippen molar-refractivity contribution in [2.75, 3.05) is 39.6 Å². The Bertz CT molecular complexity index is 1920. The van der Waals surface area contributed by atoms with Gasteiger partial charge in [0.25, 0.3) is 0 Å². The number of rotatable bonds is 76. The molecule has 96 heavy (non-hydrogen) atoms. The molecule has 0 spiro atoms. The number of hydrogen-bond acceptors (Lipinski definition) is 15. The van der Waals surface area contributed by atoms with Crippen LogP contribution in [0.15, 0.2) is 24.3 Å². The third-order valence-corrected chi connectivity index (χ3v) is 19.3. The van der Waals surface area contributed by atoms with Crippen molar-refractivity contribution in [3.05, 3.63) is 24.3 Å². The van der Waals surface area contributed by atoms with Gasteiger partial charge in [-0.2, -0.15) is 0 Å². The standard InChI is InChI=1S/C77H146O17P2/c1-5-9-13-17-21-25-29-32-35-38-42-45-49-53-57-61-74(79)87-67-72(93-76(81)63-59-55-51-47-41-28-24-20-16-12-8-4)69-91-95(83,84)89-65-71(78)66-90-96(85,86)92-70-73(94-77(82)64-60-56-52-48-44-40-37-34-31-27-23-19-15-11-7-3)68-88-75(80)62-58-54-50-46-43-39-36-33-30-26-22-18-14-10-6-2/h33-34,36-37,71-73,78H,5-32,35,38-70H2,1-4H3,(H,83,84)(H,85,86)/b36-33-,37-34-. The van der Waals surface area contributed by atoms with Gasteiger partial charge >= 0.3 is 39.5 Å². The van der Waals surface area contributed by atoms with E-state index in [0.29, 0.717) is 25.7 Å². The molecule has 0 aliphatic heterocycles. The molecule has 3 N–H and O–H groups in total. The first kappa shape index (κ1) is 93.5. The number of hydrogen-bond donors (Lipinski definition) is 3. The summed E-state index contributed by atoms with van der Waals surface area (Å²) in [6.07, 6.45) is 64.4. The van der Waals surface area contributed by atoms with Crippen molar-refractivity contribution in [1.82, 2.24) is 0 Å². The minimum atomic E-state index is -4.96. The molecule has 0 radical (unpaired) electrons. The average molecular weight is 1410 g/mol. The lowest BCUT2D eigenvalue weighted by Crippen LogP contribution is -2.30. The van der Waals surface area contributed by atoms with Gasteiger partial charge in [-0.05, 0) is 77.0 Å². The topological polar surface area (TPSA) is 237 Å². The van der Waals surface area contributed by atoms with Gasteiger partial charge in [0.1, 0.15) is 19.3 Å². The van der Waals surface area contributed by atoms with Crippen molar-refractivity contribution in [2.24, 2.45) is 0 Å². The van der Waals surface area contributed by atoms with Gasteiger partial charge in [0.15, 0.2) is 12.2 Å². The number of unbranched alkanes of at least 4 members (excludes halogenated alkanes) is 46. The fourth-order valence-electron chi connectivity index (χ4n) is 11.3. The van der Waals surface area contributed by atoms with Crippen molar-refractivity contribution in [3.8, 4) is 0 Å². The molecule has 0 heterocycles. The highest BCUT2D eigenvalue weighted by Crippen LogP contribution is 2.45. The highest BCUT2D eigenvalue weighted by atomic mass is 31.2. The molecule has 5 atom stereocenters. The zero-order valence-corrected chi connectivity index (χ0v) is 63.6. The highest BCUT2D eigenvalue weighted by molar-refractivity contribution is 7.47. The summed E-state index contributed by atoms with van der Waals surface area (Å²) in [5.41, 5.74) is 0. The molecule has 0 aliphatic rings. The van der Waals surface area contributed by atoms with E-state index in [1.807, 2.05) is 0 Å². The summed E-state index contributed by atoms with van der Waals surface area (Å²) in [5.74, 6) is -2.14. The maximum Gasteiger partial charge on any atom is 0.472 e. The Hall–Kier alpha value is -2.46. The fourth-order valence-corrected chi connectivity index (χ4v) is 12.9. The monoisotopic (exact) mass is 1410 g/mol. The first-order valence-corrected chi connectivity index (χ1v) is 42.6. The molecule has 0 aromatic heterocycles. The summed E-state index contributed by atoms with van der Waals surface area (Å²) >= 11 is 0. The van der Waals surface area contributed by atoms with E-state index in [9.17, 15) is 43.2 Å². The predicted molar refractivity (Wildman–Crippen MR) is 391 cm³/mol. The van der Waals surface area contributed by atoms with Crippen molar-refractivity contribution in [1.29, 1.82) is 0 Å². The molecule has 0 rings (SSSR count). The van der Waals surface area contributed by atoms with E-state index in [1.54, 1.807) is 0 Å². The summed E-state index contributed by atoms with van der Waals surface area (Å²) in [6, 6.07) is 0. The van der Waals surface area contributed by atoms with Gasteiger partial charge in [0.2, 0.25) is 0 Å². The number of allylic oxidation sites excluding steroid dienone is 4. The van der Waals surface area contributed by atoms with Gasteiger partial charge in [0.05, 0.1) is 26.4 Å². The molecule has 0 saturated carbocycles. The van der Waals surface area contributed by atoms with Gasteiger partial charge in [-0.15, -0.1) is 0 Å². The van der Waals surface area contributed by atoms with Gasteiger partial charge < -0.3 is 33.8 Å². The predicted octanol–water partition coefficient (Wildman–Crippen LogP) is 22.6. The van der Waals surface area contributed by atoms with E-state index in [1.165, 1.54) is 186 Å². The lowest BCUT2D eigenvalue weighted by atomic mass is 10.0. The molecule has 0 fully saturated rings. The molecule has 0 aromatic rings. The van der Waals surface area contributed by atoms with Gasteiger partial charge in [-0.3, -0.25) is 37.3 Å². The molecular weight excluding hydrogens is 1260 g/mol. The number of esters is 4. The number of phosphoric ester groups is 2. The van der Waals surface area contributed by atoms with E-state index < -0.39 is 97.5 Å². The first-order chi connectivity index (χ1) is 46.7. The Kier molecular flexibility index (Phi) is 69.1. The molecule has 0 bridgehead atoms.